The summed E-state index contributed by atoms with van der Waals surface area (Å²) in [7, 11) is -1.35. The minimum Gasteiger partial charge on any atom is -0.497 e. The van der Waals surface area contributed by atoms with Crippen molar-refractivity contribution in [2.24, 2.45) is 5.73 Å². The Morgan fingerprint density at radius 2 is 1.71 bits per heavy atom. The minimum atomic E-state index is -4.64. The number of fused-ring (bicyclic) bond motifs is 1. The summed E-state index contributed by atoms with van der Waals surface area (Å²) in [6.45, 7) is 4.87. The van der Waals surface area contributed by atoms with E-state index in [1.807, 2.05) is 49.5 Å². The summed E-state index contributed by atoms with van der Waals surface area (Å²) in [6, 6.07) is 11.7. The Morgan fingerprint density at radius 3 is 2.26 bits per heavy atom. The summed E-state index contributed by atoms with van der Waals surface area (Å²) >= 11 is 0. The number of phosphoric acid groups is 1. The lowest BCUT2D eigenvalue weighted by atomic mass is 10.1. The average molecular weight is 493 g/mol. The molecule has 0 saturated heterocycles. The van der Waals surface area contributed by atoms with Crippen molar-refractivity contribution in [3.8, 4) is 23.0 Å². The Morgan fingerprint density at radius 1 is 1.09 bits per heavy atom. The number of benzene rings is 2. The van der Waals surface area contributed by atoms with Gasteiger partial charge in [-0.2, -0.15) is 0 Å². The van der Waals surface area contributed by atoms with Gasteiger partial charge in [0.05, 0.1) is 30.8 Å². The third-order valence-electron chi connectivity index (χ3n) is 4.88. The molecule has 0 aliphatic rings. The van der Waals surface area contributed by atoms with E-state index in [0.29, 0.717) is 23.8 Å². The van der Waals surface area contributed by atoms with Crippen LogP contribution in [-0.2, 0) is 4.57 Å². The van der Waals surface area contributed by atoms with Crippen molar-refractivity contribution in [3.63, 3.8) is 0 Å². The highest BCUT2D eigenvalue weighted by Crippen LogP contribution is 2.43. The van der Waals surface area contributed by atoms with Crippen LogP contribution in [0.2, 0.25) is 0 Å². The van der Waals surface area contributed by atoms with E-state index < -0.39 is 7.82 Å². The summed E-state index contributed by atoms with van der Waals surface area (Å²) in [6.07, 6.45) is 3.77. The van der Waals surface area contributed by atoms with Crippen LogP contribution in [0.1, 0.15) is 25.3 Å². The monoisotopic (exact) mass is 493 g/mol. The van der Waals surface area contributed by atoms with Crippen LogP contribution in [0.4, 0.5) is 5.69 Å². The van der Waals surface area contributed by atoms with Gasteiger partial charge in [-0.3, -0.25) is 4.98 Å². The Bertz CT molecular complexity index is 1110. The topological polar surface area (TPSA) is 156 Å². The fourth-order valence-corrected chi connectivity index (χ4v) is 3.32. The van der Waals surface area contributed by atoms with Gasteiger partial charge in [-0.15, -0.1) is 0 Å². The van der Waals surface area contributed by atoms with E-state index in [4.69, 9.17) is 39.2 Å². The molecule has 0 amide bonds. The smallest absolute Gasteiger partial charge is 0.466 e. The molecule has 10 nitrogen and oxygen atoms in total. The first-order chi connectivity index (χ1) is 16.1. The van der Waals surface area contributed by atoms with Crippen LogP contribution in [0.15, 0.2) is 42.6 Å². The van der Waals surface area contributed by atoms with Gasteiger partial charge in [-0.1, -0.05) is 0 Å². The highest BCUT2D eigenvalue weighted by molar-refractivity contribution is 7.45. The Balaban J connectivity index is 0.000000739. The van der Waals surface area contributed by atoms with Crippen molar-refractivity contribution < 1.29 is 33.5 Å². The first-order valence-corrected chi connectivity index (χ1v) is 12.2. The standard InChI is InChI=1S/C23H29N3O3.H3O4P/c1-15-11-13-25-22-19(26-16(2)6-5-12-24)14-20(28-4)23(21(15)22)29-18-9-7-17(27-3)8-10-18;1-5(2,3)4/h7-11,13-14,16,26H,5-6,12,24H2,1-4H3;(H3,1,2,3,4). The normalized spacial score (nSPS) is 11.9. The maximum absolute atomic E-state index is 8.88. The number of nitrogens with zero attached hydrogens (tertiary/aromatic N) is 1. The van der Waals surface area contributed by atoms with Gasteiger partial charge in [0, 0.05) is 18.3 Å². The molecule has 6 N–H and O–H groups in total. The van der Waals surface area contributed by atoms with Crippen LogP contribution < -0.4 is 25.3 Å². The average Bonchev–Trinajstić information content (AvgIpc) is 2.78. The molecular weight excluding hydrogens is 461 g/mol. The van der Waals surface area contributed by atoms with Crippen LogP contribution in [0.25, 0.3) is 10.9 Å². The third kappa shape index (κ3) is 8.16. The SMILES string of the molecule is COc1ccc(Oc2c(OC)cc(NC(C)CCCN)c3nccc(C)c23)cc1.O=P(O)(O)O. The first-order valence-electron chi connectivity index (χ1n) is 10.6. The summed E-state index contributed by atoms with van der Waals surface area (Å²) in [4.78, 5) is 26.2. The van der Waals surface area contributed by atoms with Crippen LogP contribution in [0, 0.1) is 6.92 Å². The summed E-state index contributed by atoms with van der Waals surface area (Å²) in [5, 5.41) is 4.48. The van der Waals surface area contributed by atoms with Crippen molar-refractivity contribution >= 4 is 24.4 Å². The number of pyridine rings is 1. The van der Waals surface area contributed by atoms with Crippen molar-refractivity contribution in [1.29, 1.82) is 0 Å². The van der Waals surface area contributed by atoms with Gasteiger partial charge in [0.2, 0.25) is 0 Å². The number of ether oxygens (including phenoxy) is 3. The number of hydrogen-bond donors (Lipinski definition) is 5. The summed E-state index contributed by atoms with van der Waals surface area (Å²) in [5.74, 6) is 2.78. The van der Waals surface area contributed by atoms with E-state index >= 15 is 0 Å². The van der Waals surface area contributed by atoms with Gasteiger partial charge in [0.1, 0.15) is 11.5 Å². The fraction of sp³-hybridized carbons (Fsp3) is 0.348. The van der Waals surface area contributed by atoms with Gasteiger partial charge in [-0.05, 0) is 69.1 Å². The van der Waals surface area contributed by atoms with Crippen molar-refractivity contribution in [2.45, 2.75) is 32.7 Å². The van der Waals surface area contributed by atoms with Crippen molar-refractivity contribution in [3.05, 3.63) is 48.2 Å². The molecule has 2 aromatic carbocycles. The molecule has 0 aliphatic carbocycles. The van der Waals surface area contributed by atoms with E-state index in [0.717, 1.165) is 40.7 Å². The molecule has 0 bridgehead atoms. The third-order valence-corrected chi connectivity index (χ3v) is 4.88. The maximum Gasteiger partial charge on any atom is 0.466 e. The van der Waals surface area contributed by atoms with Crippen LogP contribution in [-0.4, -0.2) is 46.5 Å². The Hall–Kier alpha value is -2.88. The second-order valence-electron chi connectivity index (χ2n) is 7.57. The molecule has 3 aromatic rings. The molecule has 0 saturated carbocycles. The lowest BCUT2D eigenvalue weighted by Gasteiger charge is -2.20. The Labute approximate surface area is 198 Å². The number of aryl methyl sites for hydroxylation is 1. The number of hydrogen-bond acceptors (Lipinski definition) is 7. The minimum absolute atomic E-state index is 0.266. The van der Waals surface area contributed by atoms with Gasteiger partial charge < -0.3 is 39.9 Å². The molecule has 0 spiro atoms. The Kier molecular flexibility index (Phi) is 10.1. The van der Waals surface area contributed by atoms with Crippen LogP contribution in [0.3, 0.4) is 0 Å². The molecule has 0 fully saturated rings. The molecule has 1 aromatic heterocycles. The molecule has 0 radical (unpaired) electrons. The van der Waals surface area contributed by atoms with Crippen molar-refractivity contribution in [2.75, 3.05) is 26.1 Å². The lowest BCUT2D eigenvalue weighted by molar-refractivity contribution is 0.275. The molecular formula is C23H32N3O7P. The highest BCUT2D eigenvalue weighted by Gasteiger charge is 2.19. The molecule has 34 heavy (non-hydrogen) atoms. The second-order valence-corrected chi connectivity index (χ2v) is 8.60. The van der Waals surface area contributed by atoms with Gasteiger partial charge >= 0.3 is 7.82 Å². The molecule has 11 heteroatoms. The van der Waals surface area contributed by atoms with Gasteiger partial charge in [-0.25, -0.2) is 4.57 Å². The summed E-state index contributed by atoms with van der Waals surface area (Å²) < 4.78 is 26.1. The van der Waals surface area contributed by atoms with Crippen LogP contribution >= 0.6 is 7.82 Å². The zero-order chi connectivity index (χ0) is 25.3. The molecule has 1 unspecified atom stereocenters. The van der Waals surface area contributed by atoms with E-state index in [1.54, 1.807) is 14.2 Å². The van der Waals surface area contributed by atoms with Gasteiger partial charge in [0.15, 0.2) is 11.5 Å². The van der Waals surface area contributed by atoms with Gasteiger partial charge in [0.25, 0.3) is 0 Å². The number of aromatic nitrogens is 1. The molecule has 186 valence electrons. The number of rotatable bonds is 9. The van der Waals surface area contributed by atoms with Crippen LogP contribution in [0.5, 0.6) is 23.0 Å². The largest absolute Gasteiger partial charge is 0.497 e. The highest BCUT2D eigenvalue weighted by atomic mass is 31.2. The number of nitrogens with one attached hydrogen (secondary N) is 1. The van der Waals surface area contributed by atoms with Crippen molar-refractivity contribution in [1.82, 2.24) is 4.98 Å². The van der Waals surface area contributed by atoms with E-state index in [9.17, 15) is 0 Å². The summed E-state index contributed by atoms with van der Waals surface area (Å²) in [5.41, 5.74) is 8.50. The maximum atomic E-state index is 8.88. The van der Waals surface area contributed by atoms with E-state index in [1.165, 1.54) is 0 Å². The molecule has 1 atom stereocenters. The van der Waals surface area contributed by atoms with E-state index in [-0.39, 0.29) is 6.04 Å². The fourth-order valence-electron chi connectivity index (χ4n) is 3.32. The predicted molar refractivity (Wildman–Crippen MR) is 132 cm³/mol. The zero-order valence-corrected chi connectivity index (χ0v) is 20.6. The number of nitrogens with two attached hydrogens (primary N) is 1. The number of anilines is 1. The van der Waals surface area contributed by atoms with E-state index in [2.05, 4.69) is 17.2 Å². The molecule has 3 rings (SSSR count). The molecule has 1 heterocycles. The quantitative estimate of drug-likeness (QED) is 0.276. The zero-order valence-electron chi connectivity index (χ0n) is 19.7. The first kappa shape index (κ1) is 27.4. The number of methoxy groups -OCH3 is 2. The predicted octanol–water partition coefficient (Wildman–Crippen LogP) is 3.96. The lowest BCUT2D eigenvalue weighted by Crippen LogP contribution is -2.17. The second kappa shape index (κ2) is 12.5. The molecule has 0 aliphatic heterocycles.